The molecule has 1 aliphatic carbocycles. The number of anilines is 3. The molecule has 1 fully saturated rings. The number of alkyl halides is 2. The van der Waals surface area contributed by atoms with Crippen molar-refractivity contribution in [3.8, 4) is 5.82 Å². The molecule has 1 amide bonds. The van der Waals surface area contributed by atoms with Crippen molar-refractivity contribution in [3.63, 3.8) is 0 Å². The zero-order valence-electron chi connectivity index (χ0n) is 16.8. The Hall–Kier alpha value is -3.76. The van der Waals surface area contributed by atoms with E-state index in [1.165, 1.54) is 12.4 Å². The molecule has 0 radical (unpaired) electrons. The molecule has 1 atom stereocenters. The van der Waals surface area contributed by atoms with Crippen LogP contribution in [-0.4, -0.2) is 42.1 Å². The molecule has 0 aliphatic heterocycles. The normalized spacial score (nSPS) is 16.6. The van der Waals surface area contributed by atoms with Crippen LogP contribution in [0.15, 0.2) is 37.1 Å². The van der Waals surface area contributed by atoms with Gasteiger partial charge in [-0.15, -0.1) is 0 Å². The molecule has 3 aromatic rings. The summed E-state index contributed by atoms with van der Waals surface area (Å²) in [6.07, 6.45) is 5.88. The first-order chi connectivity index (χ1) is 14.8. The van der Waals surface area contributed by atoms with E-state index in [4.69, 9.17) is 0 Å². The van der Waals surface area contributed by atoms with E-state index in [-0.39, 0.29) is 11.6 Å². The average molecular weight is 427 g/mol. The molecule has 0 saturated heterocycles. The highest BCUT2D eigenvalue weighted by Crippen LogP contribution is 2.49. The molecule has 0 bridgehead atoms. The third-order valence-corrected chi connectivity index (χ3v) is 4.90. The summed E-state index contributed by atoms with van der Waals surface area (Å²) < 4.78 is 27.8. The highest BCUT2D eigenvalue weighted by atomic mass is 19.3. The number of hydrogen-bond donors (Lipinski definition) is 2. The number of imidazole rings is 1. The number of pyridine rings is 1. The number of carbonyl (C=O) groups excluding carboxylic acids is 2. The van der Waals surface area contributed by atoms with Crippen LogP contribution in [0.3, 0.4) is 0 Å². The summed E-state index contributed by atoms with van der Waals surface area (Å²) in [7, 11) is 0. The summed E-state index contributed by atoms with van der Waals surface area (Å²) in [6, 6.07) is 3.16. The van der Waals surface area contributed by atoms with Crippen LogP contribution in [-0.2, 0) is 4.79 Å². The van der Waals surface area contributed by atoms with E-state index in [9.17, 15) is 18.4 Å². The number of nitrogens with zero attached hydrogens (tertiary/aromatic N) is 5. The third-order valence-electron chi connectivity index (χ3n) is 4.90. The first-order valence-electron chi connectivity index (χ1n) is 9.60. The molecule has 9 nitrogen and oxygen atoms in total. The van der Waals surface area contributed by atoms with Gasteiger partial charge in [0.05, 0.1) is 11.9 Å². The maximum Gasteiger partial charge on any atom is 0.260 e. The molecule has 0 spiro atoms. The quantitative estimate of drug-likeness (QED) is 0.556. The van der Waals surface area contributed by atoms with E-state index in [1.54, 1.807) is 36.1 Å². The maximum absolute atomic E-state index is 13.1. The van der Waals surface area contributed by atoms with Crippen molar-refractivity contribution >= 4 is 29.1 Å². The summed E-state index contributed by atoms with van der Waals surface area (Å²) in [5.41, 5.74) is 1.85. The highest BCUT2D eigenvalue weighted by molar-refractivity contribution is 5.95. The van der Waals surface area contributed by atoms with Crippen molar-refractivity contribution in [2.75, 3.05) is 10.6 Å². The maximum atomic E-state index is 13.1. The zero-order valence-corrected chi connectivity index (χ0v) is 16.8. The Kier molecular flexibility index (Phi) is 5.17. The van der Waals surface area contributed by atoms with Crippen LogP contribution in [0.1, 0.15) is 35.8 Å². The number of amides is 1. The first-order valence-corrected chi connectivity index (χ1v) is 9.60. The molecule has 3 heterocycles. The summed E-state index contributed by atoms with van der Waals surface area (Å²) in [4.78, 5) is 40.3. The van der Waals surface area contributed by atoms with Gasteiger partial charge in [-0.1, -0.05) is 6.92 Å². The topological polar surface area (TPSA) is 115 Å². The molecule has 0 aromatic carbocycles. The standard InChI is InChI=1S/C20H19F2N7O2/c1-3-15(30)13-6-11(2)14(9-24-13)27-19-23-4-5-29(19)17-7-16(25-10-26-17)28-18(31)12-8-20(12,21)22/h4-7,9-10,12H,3,8H2,1-2H3,(H,23,27)(H,25,26,28,31)/t12-/m1/s1. The summed E-state index contributed by atoms with van der Waals surface area (Å²) in [5, 5.41) is 5.53. The molecule has 0 unspecified atom stereocenters. The predicted octanol–water partition coefficient (Wildman–Crippen LogP) is 3.30. The average Bonchev–Trinajstić information content (AvgIpc) is 3.16. The minimum absolute atomic E-state index is 0.0457. The Balaban J connectivity index is 1.54. The van der Waals surface area contributed by atoms with Crippen LogP contribution in [0.4, 0.5) is 26.2 Å². The molecule has 160 valence electrons. The number of nitrogens with one attached hydrogen (secondary N) is 2. The van der Waals surface area contributed by atoms with Crippen LogP contribution in [0.2, 0.25) is 0 Å². The van der Waals surface area contributed by atoms with Crippen molar-refractivity contribution in [3.05, 3.63) is 48.3 Å². The minimum Gasteiger partial charge on any atom is -0.324 e. The van der Waals surface area contributed by atoms with Crippen molar-refractivity contribution in [1.82, 2.24) is 24.5 Å². The molecule has 4 rings (SSSR count). The predicted molar refractivity (Wildman–Crippen MR) is 108 cm³/mol. The number of carbonyl (C=O) groups is 2. The molecule has 1 saturated carbocycles. The first kappa shape index (κ1) is 20.5. The van der Waals surface area contributed by atoms with E-state index in [2.05, 4.69) is 30.6 Å². The number of rotatable bonds is 7. The fraction of sp³-hybridized carbons (Fsp3) is 0.300. The van der Waals surface area contributed by atoms with Crippen LogP contribution in [0.25, 0.3) is 5.82 Å². The van der Waals surface area contributed by atoms with Gasteiger partial charge >= 0.3 is 0 Å². The Morgan fingerprint density at radius 2 is 2.00 bits per heavy atom. The number of halogens is 2. The molecule has 1 aliphatic rings. The Bertz CT molecular complexity index is 1160. The number of hydrogen-bond acceptors (Lipinski definition) is 7. The summed E-state index contributed by atoms with van der Waals surface area (Å²) >= 11 is 0. The Morgan fingerprint density at radius 3 is 2.68 bits per heavy atom. The van der Waals surface area contributed by atoms with Gasteiger partial charge < -0.3 is 10.6 Å². The third kappa shape index (κ3) is 4.25. The van der Waals surface area contributed by atoms with E-state index in [0.717, 1.165) is 5.56 Å². The van der Waals surface area contributed by atoms with Gasteiger partial charge in [-0.3, -0.25) is 19.1 Å². The second kappa shape index (κ2) is 7.82. The van der Waals surface area contributed by atoms with Crippen LogP contribution in [0.5, 0.6) is 0 Å². The van der Waals surface area contributed by atoms with Crippen LogP contribution >= 0.6 is 0 Å². The smallest absolute Gasteiger partial charge is 0.260 e. The Morgan fingerprint density at radius 1 is 1.23 bits per heavy atom. The van der Waals surface area contributed by atoms with Gasteiger partial charge in [0.2, 0.25) is 11.9 Å². The van der Waals surface area contributed by atoms with Crippen molar-refractivity contribution < 1.29 is 18.4 Å². The second-order valence-corrected chi connectivity index (χ2v) is 7.18. The highest BCUT2D eigenvalue weighted by Gasteiger charge is 2.61. The molecule has 2 N–H and O–H groups in total. The number of aromatic nitrogens is 5. The van der Waals surface area contributed by atoms with Crippen LogP contribution in [0, 0.1) is 12.8 Å². The molecule has 3 aromatic heterocycles. The summed E-state index contributed by atoms with van der Waals surface area (Å²) in [5.74, 6) is -4.21. The number of ketones is 1. The number of Topliss-reactive ketones (excluding diaryl/α,β-unsaturated/α-hetero) is 1. The van der Waals surface area contributed by atoms with Gasteiger partial charge in [0.25, 0.3) is 5.92 Å². The zero-order chi connectivity index (χ0) is 22.2. The lowest BCUT2D eigenvalue weighted by atomic mass is 10.1. The van der Waals surface area contributed by atoms with Gasteiger partial charge in [0.15, 0.2) is 5.78 Å². The van der Waals surface area contributed by atoms with E-state index >= 15 is 0 Å². The molecule has 11 heteroatoms. The van der Waals surface area contributed by atoms with Crippen molar-refractivity contribution in [2.24, 2.45) is 5.92 Å². The minimum atomic E-state index is -2.95. The lowest BCUT2D eigenvalue weighted by Gasteiger charge is -2.12. The lowest BCUT2D eigenvalue weighted by Crippen LogP contribution is -2.18. The van der Waals surface area contributed by atoms with E-state index < -0.39 is 24.2 Å². The van der Waals surface area contributed by atoms with Gasteiger partial charge in [-0.2, -0.15) is 0 Å². The summed E-state index contributed by atoms with van der Waals surface area (Å²) in [6.45, 7) is 3.62. The lowest BCUT2D eigenvalue weighted by molar-refractivity contribution is -0.119. The van der Waals surface area contributed by atoms with Gasteiger partial charge in [-0.05, 0) is 18.6 Å². The Labute approximate surface area is 176 Å². The largest absolute Gasteiger partial charge is 0.324 e. The SMILES string of the molecule is CCC(=O)c1cc(C)c(Nc2nccn2-c2cc(NC(=O)[C@H]3CC3(F)F)ncn2)cn1. The number of aryl methyl sites for hydroxylation is 1. The molecule has 31 heavy (non-hydrogen) atoms. The fourth-order valence-electron chi connectivity index (χ4n) is 2.98. The van der Waals surface area contributed by atoms with Crippen LogP contribution < -0.4 is 10.6 Å². The monoisotopic (exact) mass is 427 g/mol. The second-order valence-electron chi connectivity index (χ2n) is 7.18. The van der Waals surface area contributed by atoms with Gasteiger partial charge in [0, 0.05) is 31.3 Å². The molecular formula is C20H19F2N7O2. The van der Waals surface area contributed by atoms with E-state index in [1.807, 2.05) is 6.92 Å². The van der Waals surface area contributed by atoms with E-state index in [0.29, 0.717) is 29.6 Å². The van der Waals surface area contributed by atoms with Crippen molar-refractivity contribution in [1.29, 1.82) is 0 Å². The van der Waals surface area contributed by atoms with Gasteiger partial charge in [0.1, 0.15) is 29.6 Å². The van der Waals surface area contributed by atoms with Crippen molar-refractivity contribution in [2.45, 2.75) is 32.6 Å². The fourth-order valence-corrected chi connectivity index (χ4v) is 2.98. The van der Waals surface area contributed by atoms with Gasteiger partial charge in [-0.25, -0.2) is 23.7 Å². The molecular weight excluding hydrogens is 408 g/mol.